The van der Waals surface area contributed by atoms with Crippen LogP contribution < -0.4 is 22.0 Å². The fourth-order valence-corrected chi connectivity index (χ4v) is 7.45. The number of rotatable bonds is 24. The van der Waals surface area contributed by atoms with Gasteiger partial charge in [0.05, 0.1) is 24.4 Å². The van der Waals surface area contributed by atoms with Gasteiger partial charge in [-0.25, -0.2) is 42.3 Å². The van der Waals surface area contributed by atoms with Crippen molar-refractivity contribution in [3.63, 3.8) is 0 Å². The van der Waals surface area contributed by atoms with Crippen molar-refractivity contribution in [3.05, 3.63) is 45.0 Å². The SMILES string of the molecule is CCC(COC)(COC(=O)OCCOC(=O)Nc1nc(=O)n(C2CSC(COC(=O)OCCOC(C)=O)O2)cc1F)COC(=O)OCCOC(=O)OCC1OC(n2cc(F)c(NC)nc2=O)CS1. The summed E-state index contributed by atoms with van der Waals surface area (Å²) in [4.78, 5) is 103. The van der Waals surface area contributed by atoms with E-state index in [1.807, 2.05) is 5.32 Å². The normalized spacial score (nSPS) is 18.3. The molecule has 2 aliphatic heterocycles. The Morgan fingerprint density at radius 2 is 1.10 bits per heavy atom. The molecule has 2 aliphatic rings. The van der Waals surface area contributed by atoms with E-state index in [0.29, 0.717) is 0 Å². The number of carbonyl (C=O) groups is 6. The minimum Gasteiger partial charge on any atom is -0.462 e. The summed E-state index contributed by atoms with van der Waals surface area (Å²) in [5.74, 6) is -3.00. The van der Waals surface area contributed by atoms with E-state index in [1.165, 1.54) is 32.8 Å². The number of ether oxygens (including phenoxy) is 13. The Bertz CT molecular complexity index is 2170. The van der Waals surface area contributed by atoms with Gasteiger partial charge in [-0.1, -0.05) is 6.92 Å². The zero-order valence-corrected chi connectivity index (χ0v) is 38.4. The van der Waals surface area contributed by atoms with Crippen LogP contribution in [0.25, 0.3) is 0 Å². The average Bonchev–Trinajstić information content (AvgIpc) is 3.99. The number of halogens is 2. The van der Waals surface area contributed by atoms with Crippen molar-refractivity contribution in [2.75, 3.05) is 109 Å². The fourth-order valence-electron chi connectivity index (χ4n) is 5.47. The van der Waals surface area contributed by atoms with Crippen molar-refractivity contribution in [1.82, 2.24) is 19.1 Å². The summed E-state index contributed by atoms with van der Waals surface area (Å²) >= 11 is 2.36. The third-order valence-corrected chi connectivity index (χ3v) is 11.1. The van der Waals surface area contributed by atoms with Gasteiger partial charge in [-0.3, -0.25) is 19.2 Å². The summed E-state index contributed by atoms with van der Waals surface area (Å²) in [5, 5.41) is 4.43. The molecule has 0 spiro atoms. The van der Waals surface area contributed by atoms with Crippen LogP contribution in [-0.4, -0.2) is 165 Å². The predicted molar refractivity (Wildman–Crippen MR) is 225 cm³/mol. The summed E-state index contributed by atoms with van der Waals surface area (Å²) < 4.78 is 96.4. The number of thioether (sulfide) groups is 2. The van der Waals surface area contributed by atoms with E-state index in [9.17, 15) is 47.1 Å². The Balaban J connectivity index is 1.07. The Hall–Kier alpha value is -6.18. The van der Waals surface area contributed by atoms with Gasteiger partial charge in [0, 0.05) is 32.6 Å². The number of hydrogen-bond donors (Lipinski definition) is 2. The van der Waals surface area contributed by atoms with E-state index in [1.54, 1.807) is 6.92 Å². The molecule has 2 fully saturated rings. The first kappa shape index (κ1) is 54.4. The van der Waals surface area contributed by atoms with Gasteiger partial charge in [0.1, 0.15) is 89.4 Å². The van der Waals surface area contributed by atoms with Crippen molar-refractivity contribution in [1.29, 1.82) is 0 Å². The Labute approximate surface area is 392 Å². The highest BCUT2D eigenvalue weighted by molar-refractivity contribution is 8.00. The molecule has 4 heterocycles. The highest BCUT2D eigenvalue weighted by Crippen LogP contribution is 2.33. The first-order chi connectivity index (χ1) is 32.5. The number of hydrogen-bond acceptors (Lipinski definition) is 26. The van der Waals surface area contributed by atoms with E-state index in [-0.39, 0.29) is 70.0 Å². The topological polar surface area (TPSA) is 316 Å². The molecule has 2 N–H and O–H groups in total. The van der Waals surface area contributed by atoms with Gasteiger partial charge in [-0.2, -0.15) is 9.97 Å². The highest BCUT2D eigenvalue weighted by atomic mass is 32.2. The maximum Gasteiger partial charge on any atom is 0.508 e. The Kier molecular flexibility index (Phi) is 22.1. The molecule has 2 saturated heterocycles. The molecule has 0 aliphatic carbocycles. The lowest BCUT2D eigenvalue weighted by Gasteiger charge is -2.30. The molecule has 5 unspecified atom stereocenters. The lowest BCUT2D eigenvalue weighted by molar-refractivity contribution is -0.142. The number of amides is 1. The first-order valence-corrected chi connectivity index (χ1v) is 22.2. The Morgan fingerprint density at radius 1 is 0.676 bits per heavy atom. The third kappa shape index (κ3) is 17.8. The molecule has 378 valence electrons. The minimum atomic E-state index is -1.25. The summed E-state index contributed by atoms with van der Waals surface area (Å²) in [7, 11) is 2.78. The summed E-state index contributed by atoms with van der Waals surface area (Å²) in [6.07, 6.45) is -5.60. The molecule has 2 aromatic heterocycles. The van der Waals surface area contributed by atoms with Gasteiger partial charge in [0.15, 0.2) is 23.3 Å². The molecule has 0 radical (unpaired) electrons. The number of esters is 1. The molecule has 0 saturated carbocycles. The standard InChI is InChI=1S/C37H48F2N6O21S2/c1-5-37(18-54-4,20-64-36(53)60-11-10-58-34(51)62-15-26-65-24(16-67-26)44-12-22(38)28(40-3)41-30(44)47)19-63-35(52)59-9-7-56-32(49)43-29-23(39)13-45(31(48)42-29)25-17-68-27(66-25)14-61-33(50)57-8-6-55-21(2)46/h12-13,24-27H,5-11,14-20H2,1-4H3,(H,40,41,47)(H,42,43,48,49). The molecule has 4 rings (SSSR count). The summed E-state index contributed by atoms with van der Waals surface area (Å²) in [5.41, 5.74) is -4.23. The van der Waals surface area contributed by atoms with E-state index in [0.717, 1.165) is 33.3 Å². The predicted octanol–water partition coefficient (Wildman–Crippen LogP) is 2.76. The largest absolute Gasteiger partial charge is 0.508 e. The molecule has 31 heteroatoms. The number of anilines is 2. The van der Waals surface area contributed by atoms with E-state index >= 15 is 0 Å². The van der Waals surface area contributed by atoms with Crippen molar-refractivity contribution < 1.29 is 99.1 Å². The first-order valence-electron chi connectivity index (χ1n) is 20.1. The lowest BCUT2D eigenvalue weighted by atomic mass is 9.88. The van der Waals surface area contributed by atoms with Gasteiger partial charge >= 0.3 is 48.1 Å². The van der Waals surface area contributed by atoms with Crippen LogP contribution >= 0.6 is 23.5 Å². The Morgan fingerprint density at radius 3 is 1.54 bits per heavy atom. The van der Waals surface area contributed by atoms with Crippen LogP contribution in [0.2, 0.25) is 0 Å². The molecule has 68 heavy (non-hydrogen) atoms. The molecule has 5 atom stereocenters. The second-order valence-electron chi connectivity index (χ2n) is 13.7. The van der Waals surface area contributed by atoms with Gasteiger partial charge in [-0.05, 0) is 6.42 Å². The second kappa shape index (κ2) is 27.6. The molecule has 0 aromatic carbocycles. The summed E-state index contributed by atoms with van der Waals surface area (Å²) in [6.45, 7) is -0.650. The monoisotopic (exact) mass is 1010 g/mol. The molecule has 0 bridgehead atoms. The van der Waals surface area contributed by atoms with Gasteiger partial charge in [0.2, 0.25) is 0 Å². The van der Waals surface area contributed by atoms with Crippen LogP contribution in [0.3, 0.4) is 0 Å². The molecule has 27 nitrogen and oxygen atoms in total. The number of methoxy groups -OCH3 is 1. The van der Waals surface area contributed by atoms with Crippen LogP contribution in [0, 0.1) is 17.0 Å². The van der Waals surface area contributed by atoms with Crippen LogP contribution in [0.15, 0.2) is 22.0 Å². The minimum absolute atomic E-state index is 0.0450. The number of aromatic nitrogens is 4. The van der Waals surface area contributed by atoms with Crippen molar-refractivity contribution in [2.24, 2.45) is 5.41 Å². The highest BCUT2D eigenvalue weighted by Gasteiger charge is 2.34. The zero-order valence-electron chi connectivity index (χ0n) is 36.8. The van der Waals surface area contributed by atoms with Crippen LogP contribution in [0.1, 0.15) is 32.7 Å². The maximum absolute atomic E-state index is 14.8. The fraction of sp³-hybridized carbons (Fsp3) is 0.622. The third-order valence-electron chi connectivity index (χ3n) is 8.89. The second-order valence-corrected chi connectivity index (χ2v) is 16.1. The van der Waals surface area contributed by atoms with E-state index in [2.05, 4.69) is 20.0 Å². The number of nitrogens with zero attached hydrogens (tertiary/aromatic N) is 4. The van der Waals surface area contributed by atoms with Crippen LogP contribution in [0.5, 0.6) is 0 Å². The van der Waals surface area contributed by atoms with Crippen molar-refractivity contribution >= 4 is 71.8 Å². The molecule has 1 amide bonds. The van der Waals surface area contributed by atoms with Gasteiger partial charge < -0.3 is 66.9 Å². The van der Waals surface area contributed by atoms with E-state index < -0.39 is 121 Å². The molecular weight excluding hydrogens is 967 g/mol. The van der Waals surface area contributed by atoms with Crippen molar-refractivity contribution in [2.45, 2.75) is 43.6 Å². The molecular formula is C37H48F2N6O21S2. The van der Waals surface area contributed by atoms with Crippen LogP contribution in [0.4, 0.5) is 44.4 Å². The van der Waals surface area contributed by atoms with E-state index in [4.69, 9.17) is 56.8 Å². The van der Waals surface area contributed by atoms with Crippen LogP contribution in [-0.2, 0) is 66.4 Å². The maximum atomic E-state index is 14.8. The average molecular weight is 1010 g/mol. The van der Waals surface area contributed by atoms with Gasteiger partial charge in [-0.15, -0.1) is 23.5 Å². The quantitative estimate of drug-likeness (QED) is 0.0867. The summed E-state index contributed by atoms with van der Waals surface area (Å²) in [6, 6.07) is 0. The number of carbonyl (C=O) groups excluding carboxylic acids is 6. The molecule has 2 aromatic rings. The van der Waals surface area contributed by atoms with Crippen molar-refractivity contribution in [3.8, 4) is 0 Å². The lowest BCUT2D eigenvalue weighted by Crippen LogP contribution is -2.38. The zero-order chi connectivity index (χ0) is 49.6. The number of nitrogens with one attached hydrogen (secondary N) is 2. The smallest absolute Gasteiger partial charge is 0.462 e. The van der Waals surface area contributed by atoms with Gasteiger partial charge in [0.25, 0.3) is 0 Å².